The van der Waals surface area contributed by atoms with Crippen LogP contribution >= 0.6 is 0 Å². The predicted octanol–water partition coefficient (Wildman–Crippen LogP) is 2.09. The third kappa shape index (κ3) is 1.59. The van der Waals surface area contributed by atoms with E-state index in [1.807, 2.05) is 20.8 Å². The van der Waals surface area contributed by atoms with Gasteiger partial charge in [0.05, 0.1) is 5.69 Å². The van der Waals surface area contributed by atoms with Crippen molar-refractivity contribution in [3.8, 4) is 0 Å². The molecular formula is C8H13FN2. The van der Waals surface area contributed by atoms with E-state index in [9.17, 15) is 4.39 Å². The fourth-order valence-corrected chi connectivity index (χ4v) is 0.939. The summed E-state index contributed by atoms with van der Waals surface area (Å²) in [7, 11) is 0. The zero-order valence-corrected chi connectivity index (χ0v) is 7.35. The van der Waals surface area contributed by atoms with Crippen LogP contribution < -0.4 is 0 Å². The molecule has 0 amide bonds. The first-order chi connectivity index (χ1) is 4.91. The van der Waals surface area contributed by atoms with E-state index in [2.05, 4.69) is 4.98 Å². The van der Waals surface area contributed by atoms with E-state index in [0.717, 1.165) is 5.69 Å². The molecule has 0 bridgehead atoms. The van der Waals surface area contributed by atoms with E-state index in [0.29, 0.717) is 0 Å². The Kier molecular flexibility index (Phi) is 1.74. The molecule has 0 N–H and O–H groups in total. The molecule has 0 aliphatic rings. The minimum Gasteiger partial charge on any atom is -0.302 e. The van der Waals surface area contributed by atoms with Crippen molar-refractivity contribution in [3.05, 3.63) is 18.0 Å². The molecule has 0 unspecified atom stereocenters. The molecule has 62 valence electrons. The van der Waals surface area contributed by atoms with Crippen molar-refractivity contribution >= 4 is 0 Å². The van der Waals surface area contributed by atoms with Crippen molar-refractivity contribution in [1.82, 2.24) is 9.55 Å². The third-order valence-corrected chi connectivity index (χ3v) is 1.51. The van der Waals surface area contributed by atoms with Crippen molar-refractivity contribution < 1.29 is 4.39 Å². The lowest BCUT2D eigenvalue weighted by Gasteiger charge is -2.20. The molecular weight excluding hydrogens is 143 g/mol. The summed E-state index contributed by atoms with van der Waals surface area (Å²) in [4.78, 5) is 3.67. The quantitative estimate of drug-likeness (QED) is 0.562. The normalized spacial score (nSPS) is 12.1. The Morgan fingerprint density at radius 3 is 2.18 bits per heavy atom. The van der Waals surface area contributed by atoms with Gasteiger partial charge in [0, 0.05) is 11.7 Å². The Labute approximate surface area is 66.1 Å². The number of hydrogen-bond acceptors (Lipinski definition) is 1. The van der Waals surface area contributed by atoms with Crippen LogP contribution in [0.15, 0.2) is 6.20 Å². The van der Waals surface area contributed by atoms with Crippen LogP contribution in [0.25, 0.3) is 0 Å². The molecule has 0 aromatic carbocycles. The monoisotopic (exact) mass is 156 g/mol. The number of aryl methyl sites for hydroxylation is 1. The van der Waals surface area contributed by atoms with Gasteiger partial charge in [-0.25, -0.2) is 4.98 Å². The van der Waals surface area contributed by atoms with Crippen molar-refractivity contribution in [1.29, 1.82) is 0 Å². The number of hydrogen-bond donors (Lipinski definition) is 0. The lowest BCUT2D eigenvalue weighted by Crippen LogP contribution is -2.22. The van der Waals surface area contributed by atoms with Gasteiger partial charge in [-0.05, 0) is 27.7 Å². The van der Waals surface area contributed by atoms with E-state index < -0.39 is 6.08 Å². The number of halogens is 1. The minimum absolute atomic E-state index is 0.217. The fraction of sp³-hybridized carbons (Fsp3) is 0.625. The summed E-state index contributed by atoms with van der Waals surface area (Å²) in [5, 5.41) is 0. The van der Waals surface area contributed by atoms with Crippen LogP contribution in [0.4, 0.5) is 4.39 Å². The first kappa shape index (κ1) is 8.24. The second kappa shape index (κ2) is 2.32. The largest absolute Gasteiger partial charge is 0.302 e. The van der Waals surface area contributed by atoms with Crippen LogP contribution in [0.5, 0.6) is 0 Å². The summed E-state index contributed by atoms with van der Waals surface area (Å²) in [5.74, 6) is 0. The van der Waals surface area contributed by atoms with Crippen molar-refractivity contribution in [2.24, 2.45) is 0 Å². The average molecular weight is 156 g/mol. The topological polar surface area (TPSA) is 17.8 Å². The molecule has 0 fully saturated rings. The molecule has 0 spiro atoms. The van der Waals surface area contributed by atoms with Crippen molar-refractivity contribution in [2.45, 2.75) is 33.2 Å². The van der Waals surface area contributed by atoms with Gasteiger partial charge in [0.25, 0.3) is 6.08 Å². The smallest absolute Gasteiger partial charge is 0.289 e. The minimum atomic E-state index is -0.407. The Morgan fingerprint density at radius 1 is 1.45 bits per heavy atom. The molecule has 0 saturated carbocycles. The molecule has 1 rings (SSSR count). The van der Waals surface area contributed by atoms with E-state index >= 15 is 0 Å². The first-order valence-electron chi connectivity index (χ1n) is 3.63. The summed E-state index contributed by atoms with van der Waals surface area (Å²) in [5.41, 5.74) is 0.503. The first-order valence-corrected chi connectivity index (χ1v) is 3.63. The zero-order valence-electron chi connectivity index (χ0n) is 7.35. The highest BCUT2D eigenvalue weighted by molar-refractivity contribution is 4.97. The molecule has 0 atom stereocenters. The average Bonchev–Trinajstić information content (AvgIpc) is 2.08. The Morgan fingerprint density at radius 2 is 2.00 bits per heavy atom. The summed E-state index contributed by atoms with van der Waals surface area (Å²) in [6.45, 7) is 7.61. The molecule has 0 aliphatic heterocycles. The Hall–Kier alpha value is -0.860. The van der Waals surface area contributed by atoms with Gasteiger partial charge in [0.1, 0.15) is 0 Å². The number of aromatic nitrogens is 2. The third-order valence-electron chi connectivity index (χ3n) is 1.51. The molecule has 2 nitrogen and oxygen atoms in total. The highest BCUT2D eigenvalue weighted by atomic mass is 19.1. The van der Waals surface area contributed by atoms with Gasteiger partial charge < -0.3 is 4.57 Å². The molecule has 0 saturated heterocycles. The number of imidazole rings is 1. The van der Waals surface area contributed by atoms with Crippen LogP contribution in [-0.2, 0) is 5.54 Å². The second-order valence-electron chi connectivity index (χ2n) is 3.69. The lowest BCUT2D eigenvalue weighted by molar-refractivity contribution is 0.326. The van der Waals surface area contributed by atoms with Gasteiger partial charge in [0.2, 0.25) is 0 Å². The molecule has 1 aromatic heterocycles. The number of rotatable bonds is 0. The van der Waals surface area contributed by atoms with Gasteiger partial charge in [-0.2, -0.15) is 4.39 Å². The van der Waals surface area contributed by atoms with Gasteiger partial charge >= 0.3 is 0 Å². The molecule has 1 heterocycles. The maximum Gasteiger partial charge on any atom is 0.289 e. The van der Waals surface area contributed by atoms with Gasteiger partial charge in [0.15, 0.2) is 0 Å². The predicted molar refractivity (Wildman–Crippen MR) is 41.9 cm³/mol. The van der Waals surface area contributed by atoms with Gasteiger partial charge in [-0.3, -0.25) is 0 Å². The van der Waals surface area contributed by atoms with E-state index in [-0.39, 0.29) is 5.54 Å². The van der Waals surface area contributed by atoms with Gasteiger partial charge in [-0.15, -0.1) is 0 Å². The van der Waals surface area contributed by atoms with Crippen LogP contribution in [0.3, 0.4) is 0 Å². The second-order valence-corrected chi connectivity index (χ2v) is 3.69. The zero-order chi connectivity index (χ0) is 8.65. The highest BCUT2D eigenvalue weighted by Crippen LogP contribution is 2.16. The molecule has 3 heteroatoms. The fourth-order valence-electron chi connectivity index (χ4n) is 0.939. The summed E-state index contributed by atoms with van der Waals surface area (Å²) in [6, 6.07) is 0. The van der Waals surface area contributed by atoms with Crippen molar-refractivity contribution in [2.75, 3.05) is 0 Å². The van der Waals surface area contributed by atoms with Crippen LogP contribution in [0.2, 0.25) is 0 Å². The number of nitrogens with zero attached hydrogens (tertiary/aromatic N) is 2. The maximum atomic E-state index is 13.0. The van der Waals surface area contributed by atoms with Crippen molar-refractivity contribution in [3.63, 3.8) is 0 Å². The summed E-state index contributed by atoms with van der Waals surface area (Å²) < 4.78 is 14.5. The van der Waals surface area contributed by atoms with Crippen LogP contribution in [0, 0.1) is 13.0 Å². The maximum absolute atomic E-state index is 13.0. The van der Waals surface area contributed by atoms with Crippen LogP contribution in [-0.4, -0.2) is 9.55 Å². The summed E-state index contributed by atoms with van der Waals surface area (Å²) >= 11 is 0. The summed E-state index contributed by atoms with van der Waals surface area (Å²) in [6.07, 6.45) is 1.31. The molecule has 0 radical (unpaired) electrons. The standard InChI is InChI=1S/C8H13FN2/c1-6-5-11(7(9)10-6)8(2,3)4/h5H,1-4H3. The Bertz CT molecular complexity index is 258. The van der Waals surface area contributed by atoms with E-state index in [4.69, 9.17) is 0 Å². The van der Waals surface area contributed by atoms with Crippen LogP contribution in [0.1, 0.15) is 26.5 Å². The molecule has 1 aromatic rings. The SMILES string of the molecule is Cc1cn(C(C)(C)C)c(F)n1. The molecule has 11 heavy (non-hydrogen) atoms. The van der Waals surface area contributed by atoms with E-state index in [1.165, 1.54) is 4.57 Å². The van der Waals surface area contributed by atoms with Gasteiger partial charge in [-0.1, -0.05) is 0 Å². The van der Waals surface area contributed by atoms with E-state index in [1.54, 1.807) is 13.1 Å². The highest BCUT2D eigenvalue weighted by Gasteiger charge is 2.17. The Balaban J connectivity index is 3.13. The molecule has 0 aliphatic carbocycles. The lowest BCUT2D eigenvalue weighted by atomic mass is 10.1.